The van der Waals surface area contributed by atoms with Crippen molar-refractivity contribution in [2.45, 2.75) is 6.92 Å². The Labute approximate surface area is 298 Å². The summed E-state index contributed by atoms with van der Waals surface area (Å²) in [5.74, 6) is 0.702. The third-order valence-electron chi connectivity index (χ3n) is 10.1. The lowest BCUT2D eigenvalue weighted by molar-refractivity contribution is 1.16. The molecule has 0 radical (unpaired) electrons. The fraction of sp³-hybridized carbons (Fsp3) is 0.0213. The van der Waals surface area contributed by atoms with Gasteiger partial charge in [-0.05, 0) is 65.1 Å². The number of para-hydroxylation sites is 2. The van der Waals surface area contributed by atoms with Crippen molar-refractivity contribution in [3.8, 4) is 11.3 Å². The summed E-state index contributed by atoms with van der Waals surface area (Å²) in [7, 11) is 0. The van der Waals surface area contributed by atoms with Gasteiger partial charge in [-0.25, -0.2) is 9.97 Å². The van der Waals surface area contributed by atoms with E-state index in [1.165, 1.54) is 52.5 Å². The Morgan fingerprint density at radius 2 is 1.24 bits per heavy atom. The van der Waals surface area contributed by atoms with Crippen molar-refractivity contribution in [1.29, 1.82) is 0 Å². The van der Waals surface area contributed by atoms with Crippen LogP contribution in [-0.2, 0) is 0 Å². The summed E-state index contributed by atoms with van der Waals surface area (Å²) in [5.41, 5.74) is 7.19. The van der Waals surface area contributed by atoms with Crippen LogP contribution in [0.3, 0.4) is 0 Å². The van der Waals surface area contributed by atoms with Crippen molar-refractivity contribution in [2.24, 2.45) is 0 Å². The molecule has 0 bridgehead atoms. The molecule has 0 spiro atoms. The smallest absolute Gasteiger partial charge is 0.156 e. The maximum absolute atomic E-state index is 5.17. The Balaban J connectivity index is 1.26. The zero-order chi connectivity index (χ0) is 34.1. The molecular weight excluding hydrogens is 639 g/mol. The number of benzene rings is 7. The van der Waals surface area contributed by atoms with Crippen LogP contribution in [0.25, 0.3) is 97.0 Å². The SMILES string of the molecule is C=C/C=C(\C=C(/C)c1nc(-c2ccccc2)c2ccccc2n1)n1c2ccccc2c2c3c(ccc21)sc1c2ccccc2c2ccccc2c13. The molecule has 0 aliphatic heterocycles. The van der Waals surface area contributed by atoms with Gasteiger partial charge in [-0.3, -0.25) is 0 Å². The van der Waals surface area contributed by atoms with E-state index < -0.39 is 0 Å². The molecule has 3 nitrogen and oxygen atoms in total. The van der Waals surface area contributed by atoms with Crippen molar-refractivity contribution in [3.63, 3.8) is 0 Å². The van der Waals surface area contributed by atoms with Gasteiger partial charge in [0.2, 0.25) is 0 Å². The van der Waals surface area contributed by atoms with Crippen molar-refractivity contribution in [2.75, 3.05) is 0 Å². The first-order valence-corrected chi connectivity index (χ1v) is 18.0. The summed E-state index contributed by atoms with van der Waals surface area (Å²) in [5, 5.41) is 11.4. The largest absolute Gasteiger partial charge is 0.309 e. The molecule has 0 atom stereocenters. The Hall–Kier alpha value is -6.36. The zero-order valence-corrected chi connectivity index (χ0v) is 28.8. The van der Waals surface area contributed by atoms with Gasteiger partial charge in [0.1, 0.15) is 0 Å². The van der Waals surface area contributed by atoms with Crippen LogP contribution in [0, 0.1) is 0 Å². The maximum Gasteiger partial charge on any atom is 0.156 e. The molecule has 0 N–H and O–H groups in total. The van der Waals surface area contributed by atoms with E-state index in [1.807, 2.05) is 35.6 Å². The van der Waals surface area contributed by atoms with Crippen LogP contribution in [0.2, 0.25) is 0 Å². The Bertz CT molecular complexity index is 3100. The number of hydrogen-bond acceptors (Lipinski definition) is 3. The van der Waals surface area contributed by atoms with Crippen LogP contribution < -0.4 is 0 Å². The molecule has 0 saturated heterocycles. The highest BCUT2D eigenvalue weighted by Gasteiger charge is 2.21. The molecule has 3 aromatic heterocycles. The third-order valence-corrected chi connectivity index (χ3v) is 11.3. The van der Waals surface area contributed by atoms with Gasteiger partial charge in [0, 0.05) is 53.0 Å². The molecule has 51 heavy (non-hydrogen) atoms. The van der Waals surface area contributed by atoms with E-state index in [4.69, 9.17) is 9.97 Å². The van der Waals surface area contributed by atoms with Gasteiger partial charge in [-0.1, -0.05) is 128 Å². The van der Waals surface area contributed by atoms with Gasteiger partial charge in [0.05, 0.1) is 22.2 Å². The fourth-order valence-corrected chi connectivity index (χ4v) is 9.15. The van der Waals surface area contributed by atoms with E-state index in [2.05, 4.69) is 152 Å². The molecule has 0 aliphatic carbocycles. The Morgan fingerprint density at radius 3 is 2.02 bits per heavy atom. The number of hydrogen-bond donors (Lipinski definition) is 0. The highest BCUT2D eigenvalue weighted by atomic mass is 32.1. The van der Waals surface area contributed by atoms with E-state index in [-0.39, 0.29) is 0 Å². The van der Waals surface area contributed by atoms with Gasteiger partial charge in [-0.2, -0.15) is 0 Å². The zero-order valence-electron chi connectivity index (χ0n) is 28.0. The second-order valence-electron chi connectivity index (χ2n) is 13.0. The normalized spacial score (nSPS) is 12.7. The minimum atomic E-state index is 0.702. The molecule has 240 valence electrons. The van der Waals surface area contributed by atoms with Gasteiger partial charge in [-0.15, -0.1) is 11.3 Å². The summed E-state index contributed by atoms with van der Waals surface area (Å²) in [6, 6.07) is 49.7. The molecule has 3 heterocycles. The predicted octanol–water partition coefficient (Wildman–Crippen LogP) is 13.2. The van der Waals surface area contributed by atoms with Crippen LogP contribution in [0.4, 0.5) is 0 Å². The van der Waals surface area contributed by atoms with Crippen molar-refractivity contribution in [3.05, 3.63) is 170 Å². The Morgan fingerprint density at radius 1 is 0.588 bits per heavy atom. The second-order valence-corrected chi connectivity index (χ2v) is 14.1. The van der Waals surface area contributed by atoms with E-state index in [0.29, 0.717) is 5.82 Å². The number of aromatic nitrogens is 3. The lowest BCUT2D eigenvalue weighted by Gasteiger charge is -2.12. The van der Waals surface area contributed by atoms with Gasteiger partial charge in [0.25, 0.3) is 0 Å². The first-order valence-electron chi connectivity index (χ1n) is 17.2. The first-order chi connectivity index (χ1) is 25.2. The van der Waals surface area contributed by atoms with Gasteiger partial charge < -0.3 is 4.57 Å². The first kappa shape index (κ1) is 29.5. The summed E-state index contributed by atoms with van der Waals surface area (Å²) < 4.78 is 5.01. The molecule has 10 rings (SSSR count). The molecule has 0 saturated carbocycles. The number of fused-ring (bicyclic) bond motifs is 13. The third kappa shape index (κ3) is 4.50. The molecular formula is C47H31N3S. The lowest BCUT2D eigenvalue weighted by Crippen LogP contribution is -1.99. The number of thiophene rings is 1. The van der Waals surface area contributed by atoms with Crippen LogP contribution in [0.5, 0.6) is 0 Å². The number of allylic oxidation sites excluding steroid dienone is 5. The molecule has 4 heteroatoms. The van der Waals surface area contributed by atoms with Crippen molar-refractivity contribution in [1.82, 2.24) is 14.5 Å². The van der Waals surface area contributed by atoms with Gasteiger partial charge >= 0.3 is 0 Å². The summed E-state index contributed by atoms with van der Waals surface area (Å²) >= 11 is 1.90. The van der Waals surface area contributed by atoms with Crippen LogP contribution in [0.1, 0.15) is 12.7 Å². The van der Waals surface area contributed by atoms with Crippen molar-refractivity contribution >= 4 is 97.0 Å². The van der Waals surface area contributed by atoms with E-state index in [9.17, 15) is 0 Å². The molecule has 0 unspecified atom stereocenters. The molecule has 7 aromatic carbocycles. The minimum Gasteiger partial charge on any atom is -0.309 e. The van der Waals surface area contributed by atoms with E-state index in [1.54, 1.807) is 0 Å². The molecule has 0 aliphatic rings. The van der Waals surface area contributed by atoms with E-state index >= 15 is 0 Å². The average Bonchev–Trinajstić information content (AvgIpc) is 3.74. The number of rotatable bonds is 5. The van der Waals surface area contributed by atoms with Crippen LogP contribution in [0.15, 0.2) is 164 Å². The van der Waals surface area contributed by atoms with Crippen LogP contribution >= 0.6 is 11.3 Å². The standard InChI is InChI=1S/C47H31N3S/c1-3-15-31(28-29(2)47-48-38-24-13-11-22-36(38)45(49-47)30-16-5-4-6-17-30)50-39-25-14-12-23-37(39)42-40(50)26-27-41-44(42)43-34-20-9-7-18-32(34)33-19-8-10-21-35(33)46(43)51-41/h3-28H,1H2,2H3/b29-28+,31-15+. The Kier molecular flexibility index (Phi) is 6.73. The number of nitrogens with zero attached hydrogens (tertiary/aromatic N) is 3. The summed E-state index contributed by atoms with van der Waals surface area (Å²) in [6.45, 7) is 6.25. The van der Waals surface area contributed by atoms with Crippen molar-refractivity contribution < 1.29 is 0 Å². The summed E-state index contributed by atoms with van der Waals surface area (Å²) in [4.78, 5) is 10.2. The fourth-order valence-electron chi connectivity index (χ4n) is 7.89. The molecule has 10 aromatic rings. The monoisotopic (exact) mass is 669 g/mol. The topological polar surface area (TPSA) is 30.7 Å². The summed E-state index contributed by atoms with van der Waals surface area (Å²) in [6.07, 6.45) is 6.16. The average molecular weight is 670 g/mol. The highest BCUT2D eigenvalue weighted by molar-refractivity contribution is 7.27. The molecule has 0 amide bonds. The molecule has 0 fully saturated rings. The van der Waals surface area contributed by atoms with E-state index in [0.717, 1.165) is 44.5 Å². The lowest BCUT2D eigenvalue weighted by atomic mass is 9.96. The van der Waals surface area contributed by atoms with Crippen LogP contribution in [-0.4, -0.2) is 14.5 Å². The highest BCUT2D eigenvalue weighted by Crippen LogP contribution is 2.48. The predicted molar refractivity (Wildman–Crippen MR) is 220 cm³/mol. The maximum atomic E-state index is 5.17. The van der Waals surface area contributed by atoms with Gasteiger partial charge in [0.15, 0.2) is 5.82 Å². The minimum absolute atomic E-state index is 0.702. The second kappa shape index (κ2) is 11.6. The quantitative estimate of drug-likeness (QED) is 0.135.